The number of aromatic nitrogens is 3. The predicted octanol–water partition coefficient (Wildman–Crippen LogP) is 2.32. The van der Waals surface area contributed by atoms with Gasteiger partial charge in [-0.15, -0.1) is 0 Å². The van der Waals surface area contributed by atoms with Crippen molar-refractivity contribution < 1.29 is 4.74 Å². The molecule has 0 saturated heterocycles. The van der Waals surface area contributed by atoms with Crippen LogP contribution in [0.3, 0.4) is 0 Å². The molecule has 0 atom stereocenters. The molecule has 2 aromatic heterocycles. The van der Waals surface area contributed by atoms with Gasteiger partial charge in [0.25, 0.3) is 0 Å². The lowest BCUT2D eigenvalue weighted by Crippen LogP contribution is -2.07. The predicted molar refractivity (Wildman–Crippen MR) is 80.2 cm³/mol. The Morgan fingerprint density at radius 3 is 2.86 bits per heavy atom. The summed E-state index contributed by atoms with van der Waals surface area (Å²) in [5.41, 5.74) is 1.77. The normalized spacial score (nSPS) is 10.5. The maximum Gasteiger partial charge on any atom is 0.247 e. The van der Waals surface area contributed by atoms with Crippen LogP contribution in [0.5, 0.6) is 5.75 Å². The fraction of sp³-hybridized carbons (Fsp3) is 0.125. The first-order chi connectivity index (χ1) is 10.3. The number of nitrogens with zero attached hydrogens (tertiary/aromatic N) is 2. The zero-order valence-corrected chi connectivity index (χ0v) is 11.4. The molecule has 5 heteroatoms. The summed E-state index contributed by atoms with van der Waals surface area (Å²) in [5, 5.41) is 0. The van der Waals surface area contributed by atoms with Crippen molar-refractivity contribution in [1.29, 1.82) is 0 Å². The average molecular weight is 281 g/mol. The molecule has 106 valence electrons. The monoisotopic (exact) mass is 281 g/mol. The van der Waals surface area contributed by atoms with Crippen molar-refractivity contribution in [2.24, 2.45) is 0 Å². The summed E-state index contributed by atoms with van der Waals surface area (Å²) in [5.74, 6) is 0.796. The van der Waals surface area contributed by atoms with Crippen LogP contribution in [0.2, 0.25) is 0 Å². The molecule has 0 bridgehead atoms. The molecule has 0 amide bonds. The molecule has 0 unspecified atom stereocenters. The number of hydrogen-bond donors (Lipinski definition) is 1. The zero-order chi connectivity index (χ0) is 14.5. The van der Waals surface area contributed by atoms with Crippen molar-refractivity contribution >= 4 is 0 Å². The summed E-state index contributed by atoms with van der Waals surface area (Å²) in [6.07, 6.45) is 7.10. The smallest absolute Gasteiger partial charge is 0.247 e. The van der Waals surface area contributed by atoms with Gasteiger partial charge in [-0.05, 0) is 12.1 Å². The topological polar surface area (TPSA) is 59.9 Å². The van der Waals surface area contributed by atoms with E-state index >= 15 is 0 Å². The Kier molecular flexibility index (Phi) is 3.82. The number of nitrogens with one attached hydrogen (secondary N) is 1. The number of hydrogen-bond acceptors (Lipinski definition) is 3. The van der Waals surface area contributed by atoms with Crippen LogP contribution in [0.25, 0.3) is 11.1 Å². The van der Waals surface area contributed by atoms with E-state index in [1.807, 2.05) is 35.0 Å². The second kappa shape index (κ2) is 6.09. The van der Waals surface area contributed by atoms with Crippen LogP contribution >= 0.6 is 0 Å². The first-order valence-corrected chi connectivity index (χ1v) is 6.69. The number of H-pyrrole nitrogens is 1. The second-order valence-corrected chi connectivity index (χ2v) is 4.59. The fourth-order valence-corrected chi connectivity index (χ4v) is 2.09. The minimum atomic E-state index is -0.114. The van der Waals surface area contributed by atoms with Gasteiger partial charge in [-0.25, -0.2) is 4.98 Å². The number of para-hydroxylation sites is 1. The van der Waals surface area contributed by atoms with Gasteiger partial charge in [-0.1, -0.05) is 18.2 Å². The van der Waals surface area contributed by atoms with E-state index in [4.69, 9.17) is 4.74 Å². The lowest BCUT2D eigenvalue weighted by Gasteiger charge is -2.11. The number of pyridine rings is 1. The molecule has 0 saturated carbocycles. The van der Waals surface area contributed by atoms with E-state index in [1.54, 1.807) is 24.8 Å². The van der Waals surface area contributed by atoms with Crippen molar-refractivity contribution in [3.8, 4) is 16.9 Å². The summed E-state index contributed by atoms with van der Waals surface area (Å²) in [7, 11) is 0. The Bertz CT molecular complexity index is 743. The molecule has 0 fully saturated rings. The molecule has 21 heavy (non-hydrogen) atoms. The van der Waals surface area contributed by atoms with E-state index in [0.717, 1.165) is 23.4 Å². The molecule has 0 spiro atoms. The fourth-order valence-electron chi connectivity index (χ4n) is 2.09. The number of aromatic amines is 1. The lowest BCUT2D eigenvalue weighted by atomic mass is 10.1. The van der Waals surface area contributed by atoms with E-state index in [0.29, 0.717) is 6.61 Å². The van der Waals surface area contributed by atoms with Gasteiger partial charge in [0.2, 0.25) is 5.56 Å². The molecule has 0 aliphatic rings. The average Bonchev–Trinajstić information content (AvgIpc) is 3.02. The first kappa shape index (κ1) is 13.2. The molecule has 3 rings (SSSR count). The van der Waals surface area contributed by atoms with E-state index in [2.05, 4.69) is 9.97 Å². The van der Waals surface area contributed by atoms with Crippen molar-refractivity contribution in [3.05, 3.63) is 71.7 Å². The van der Waals surface area contributed by atoms with Crippen LogP contribution in [-0.2, 0) is 6.54 Å². The first-order valence-electron chi connectivity index (χ1n) is 6.69. The van der Waals surface area contributed by atoms with Crippen molar-refractivity contribution in [1.82, 2.24) is 14.5 Å². The molecule has 0 radical (unpaired) electrons. The molecule has 0 aliphatic carbocycles. The van der Waals surface area contributed by atoms with Crippen molar-refractivity contribution in [2.45, 2.75) is 6.54 Å². The number of benzene rings is 1. The maximum absolute atomic E-state index is 11.1. The van der Waals surface area contributed by atoms with Crippen LogP contribution in [0.4, 0.5) is 0 Å². The summed E-state index contributed by atoms with van der Waals surface area (Å²) < 4.78 is 7.82. The van der Waals surface area contributed by atoms with Crippen molar-refractivity contribution in [2.75, 3.05) is 6.61 Å². The minimum Gasteiger partial charge on any atom is -0.491 e. The highest BCUT2D eigenvalue weighted by Gasteiger charge is 2.05. The molecular weight excluding hydrogens is 266 g/mol. The van der Waals surface area contributed by atoms with Crippen LogP contribution in [0.15, 0.2) is 66.1 Å². The highest BCUT2D eigenvalue weighted by molar-refractivity contribution is 5.69. The minimum absolute atomic E-state index is 0.114. The molecule has 1 N–H and O–H groups in total. The summed E-state index contributed by atoms with van der Waals surface area (Å²) in [4.78, 5) is 17.8. The zero-order valence-electron chi connectivity index (χ0n) is 11.4. The summed E-state index contributed by atoms with van der Waals surface area (Å²) in [6, 6.07) is 11.1. The van der Waals surface area contributed by atoms with Gasteiger partial charge >= 0.3 is 0 Å². The van der Waals surface area contributed by atoms with Gasteiger partial charge in [0.05, 0.1) is 12.9 Å². The third-order valence-electron chi connectivity index (χ3n) is 3.15. The number of rotatable bonds is 5. The van der Waals surface area contributed by atoms with Gasteiger partial charge in [-0.3, -0.25) is 4.79 Å². The molecule has 1 aromatic carbocycles. The Balaban J connectivity index is 1.76. The Labute approximate surface area is 121 Å². The summed E-state index contributed by atoms with van der Waals surface area (Å²) >= 11 is 0. The third-order valence-corrected chi connectivity index (χ3v) is 3.15. The quantitative estimate of drug-likeness (QED) is 0.780. The molecule has 2 heterocycles. The number of ether oxygens (including phenoxy) is 1. The van der Waals surface area contributed by atoms with Crippen LogP contribution in [0, 0.1) is 0 Å². The van der Waals surface area contributed by atoms with Crippen LogP contribution in [0.1, 0.15) is 0 Å². The van der Waals surface area contributed by atoms with E-state index in [-0.39, 0.29) is 5.56 Å². The SMILES string of the molecule is O=c1ccc(-c2ccccc2OCCn2ccnc2)c[nH]1. The largest absolute Gasteiger partial charge is 0.491 e. The second-order valence-electron chi connectivity index (χ2n) is 4.59. The maximum atomic E-state index is 11.1. The van der Waals surface area contributed by atoms with Gasteiger partial charge in [0.15, 0.2) is 0 Å². The van der Waals surface area contributed by atoms with Gasteiger partial charge in [0, 0.05) is 35.8 Å². The summed E-state index contributed by atoms with van der Waals surface area (Å²) in [6.45, 7) is 1.29. The molecule has 3 aromatic rings. The third kappa shape index (κ3) is 3.20. The van der Waals surface area contributed by atoms with Crippen molar-refractivity contribution in [3.63, 3.8) is 0 Å². The molecule has 5 nitrogen and oxygen atoms in total. The van der Waals surface area contributed by atoms with Gasteiger partial charge < -0.3 is 14.3 Å². The molecule has 0 aliphatic heterocycles. The Hall–Kier alpha value is -2.82. The van der Waals surface area contributed by atoms with E-state index in [9.17, 15) is 4.79 Å². The van der Waals surface area contributed by atoms with Gasteiger partial charge in [0.1, 0.15) is 12.4 Å². The van der Waals surface area contributed by atoms with Crippen LogP contribution in [-0.4, -0.2) is 21.1 Å². The van der Waals surface area contributed by atoms with Crippen LogP contribution < -0.4 is 10.3 Å². The Morgan fingerprint density at radius 1 is 1.19 bits per heavy atom. The lowest BCUT2D eigenvalue weighted by molar-refractivity contribution is 0.299. The Morgan fingerprint density at radius 2 is 2.10 bits per heavy atom. The molecular formula is C16H15N3O2. The van der Waals surface area contributed by atoms with E-state index in [1.165, 1.54) is 6.07 Å². The highest BCUT2D eigenvalue weighted by atomic mass is 16.5. The highest BCUT2D eigenvalue weighted by Crippen LogP contribution is 2.28. The number of imidazole rings is 1. The van der Waals surface area contributed by atoms with E-state index < -0.39 is 0 Å². The standard InChI is InChI=1S/C16H15N3O2/c20-16-6-5-13(11-18-16)14-3-1-2-4-15(14)21-10-9-19-8-7-17-12-19/h1-8,11-12H,9-10H2,(H,18,20). The van der Waals surface area contributed by atoms with Gasteiger partial charge in [-0.2, -0.15) is 0 Å².